The monoisotopic (exact) mass is 497 g/mol. The van der Waals surface area contributed by atoms with Gasteiger partial charge in [-0.1, -0.05) is 13.8 Å². The highest BCUT2D eigenvalue weighted by Crippen LogP contribution is 2.45. The lowest BCUT2D eigenvalue weighted by Gasteiger charge is -2.25. The maximum atomic E-state index is 14.1. The lowest BCUT2D eigenvalue weighted by Crippen LogP contribution is -2.29. The highest BCUT2D eigenvalue weighted by Gasteiger charge is 2.48. The number of hydrogen-bond acceptors (Lipinski definition) is 5. The fourth-order valence-electron chi connectivity index (χ4n) is 4.37. The van der Waals surface area contributed by atoms with Gasteiger partial charge in [0.2, 0.25) is 0 Å². The largest absolute Gasteiger partial charge is 0.507 e. The fraction of sp³-hybridized carbons (Fsp3) is 0.259. The first-order chi connectivity index (χ1) is 16.6. The number of carbonyl (C=O) groups excluding carboxylic acids is 2. The normalized spacial score (nSPS) is 17.5. The summed E-state index contributed by atoms with van der Waals surface area (Å²) < 4.78 is 33.2. The summed E-state index contributed by atoms with van der Waals surface area (Å²) in [6.07, 6.45) is 0. The summed E-state index contributed by atoms with van der Waals surface area (Å²) in [5, 5.41) is 13.3. The number of benzene rings is 2. The Labute approximate surface area is 206 Å². The topological polar surface area (TPSA) is 66.8 Å². The van der Waals surface area contributed by atoms with Crippen molar-refractivity contribution >= 4 is 34.5 Å². The van der Waals surface area contributed by atoms with E-state index >= 15 is 0 Å². The number of carbonyl (C=O) groups is 2. The van der Waals surface area contributed by atoms with Crippen molar-refractivity contribution in [2.45, 2.75) is 39.7 Å². The molecule has 1 aromatic heterocycles. The lowest BCUT2D eigenvalue weighted by atomic mass is 9.92. The molecule has 0 radical (unpaired) electrons. The Balaban J connectivity index is 1.99. The van der Waals surface area contributed by atoms with E-state index in [2.05, 4.69) is 0 Å². The number of nitrogens with zero attached hydrogens (tertiary/aromatic N) is 1. The highest BCUT2D eigenvalue weighted by atomic mass is 32.1. The van der Waals surface area contributed by atoms with Crippen LogP contribution in [-0.4, -0.2) is 23.9 Å². The summed E-state index contributed by atoms with van der Waals surface area (Å²) in [4.78, 5) is 28.3. The number of methoxy groups -OCH3 is 1. The summed E-state index contributed by atoms with van der Waals surface area (Å²) in [7, 11) is 1.56. The Morgan fingerprint density at radius 3 is 2.34 bits per heavy atom. The molecule has 2 aromatic carbocycles. The van der Waals surface area contributed by atoms with Gasteiger partial charge in [0.25, 0.3) is 11.7 Å². The lowest BCUT2D eigenvalue weighted by molar-refractivity contribution is -0.132. The molecule has 1 amide bonds. The van der Waals surface area contributed by atoms with Crippen molar-refractivity contribution in [3.8, 4) is 5.75 Å². The second-order valence-electron chi connectivity index (χ2n) is 8.80. The van der Waals surface area contributed by atoms with Gasteiger partial charge in [-0.15, -0.1) is 11.3 Å². The Hall–Kier alpha value is -3.52. The van der Waals surface area contributed by atoms with E-state index in [1.165, 1.54) is 17.4 Å². The average molecular weight is 498 g/mol. The second-order valence-corrected chi connectivity index (χ2v) is 9.75. The predicted molar refractivity (Wildman–Crippen MR) is 132 cm³/mol. The van der Waals surface area contributed by atoms with Gasteiger partial charge in [0.15, 0.2) is 11.6 Å². The number of hydrogen-bond donors (Lipinski definition) is 1. The molecular formula is C27H25F2NO4S. The van der Waals surface area contributed by atoms with Crippen LogP contribution in [0.1, 0.15) is 52.9 Å². The second kappa shape index (κ2) is 9.26. The molecule has 1 aliphatic rings. The number of halogens is 2. The molecule has 3 aromatic rings. The molecule has 1 fully saturated rings. The maximum Gasteiger partial charge on any atom is 0.300 e. The number of ether oxygens (including phenoxy) is 1. The molecule has 4 rings (SSSR count). The first-order valence-electron chi connectivity index (χ1n) is 11.1. The number of thiophene rings is 1. The number of Topliss-reactive ketones (excluding diaryl/α,β-unsaturated/α-hetero) is 1. The third-order valence-electron chi connectivity index (χ3n) is 6.23. The van der Waals surface area contributed by atoms with Gasteiger partial charge < -0.3 is 9.84 Å². The van der Waals surface area contributed by atoms with Gasteiger partial charge in [-0.05, 0) is 72.2 Å². The molecule has 0 aliphatic carbocycles. The third kappa shape index (κ3) is 4.12. The van der Waals surface area contributed by atoms with Crippen LogP contribution in [0.4, 0.5) is 14.5 Å². The number of ketones is 1. The van der Waals surface area contributed by atoms with Crippen LogP contribution in [0.2, 0.25) is 0 Å². The Kier molecular flexibility index (Phi) is 6.51. The smallest absolute Gasteiger partial charge is 0.300 e. The predicted octanol–water partition coefficient (Wildman–Crippen LogP) is 6.40. The van der Waals surface area contributed by atoms with E-state index in [4.69, 9.17) is 4.74 Å². The van der Waals surface area contributed by atoms with Crippen LogP contribution < -0.4 is 9.64 Å². The van der Waals surface area contributed by atoms with Crippen LogP contribution in [0.5, 0.6) is 5.75 Å². The van der Waals surface area contributed by atoms with Gasteiger partial charge >= 0.3 is 0 Å². The van der Waals surface area contributed by atoms with E-state index < -0.39 is 29.4 Å². The molecule has 1 N–H and O–H groups in total. The molecule has 0 saturated carbocycles. The van der Waals surface area contributed by atoms with Gasteiger partial charge in [-0.25, -0.2) is 8.78 Å². The molecule has 8 heteroatoms. The van der Waals surface area contributed by atoms with E-state index in [0.717, 1.165) is 28.2 Å². The SMILES string of the molecule is COc1cc(C)c(/C(O)=C2\C(=O)C(=O)N(c3ccc(F)c(F)c3)C2c2sccc2C)cc1C(C)C. The molecule has 0 spiro atoms. The van der Waals surface area contributed by atoms with E-state index in [0.29, 0.717) is 21.8 Å². The number of aliphatic hydroxyl groups excluding tert-OH is 1. The third-order valence-corrected chi connectivity index (χ3v) is 7.30. The molecule has 2 heterocycles. The molecule has 1 saturated heterocycles. The minimum Gasteiger partial charge on any atom is -0.507 e. The van der Waals surface area contributed by atoms with Crippen molar-refractivity contribution in [3.05, 3.63) is 86.1 Å². The van der Waals surface area contributed by atoms with Crippen molar-refractivity contribution in [1.29, 1.82) is 0 Å². The summed E-state index contributed by atoms with van der Waals surface area (Å²) in [5.41, 5.74) is 2.61. The van der Waals surface area contributed by atoms with Crippen LogP contribution in [0, 0.1) is 25.5 Å². The standard InChI is InChI=1S/C27H25F2NO4S/c1-13(2)17-12-18(15(4)10-21(17)34-5)24(31)22-23(26-14(3)8-9-35-26)30(27(33)25(22)32)16-6-7-19(28)20(29)11-16/h6-13,23,31H,1-5H3/b24-22+. The quantitative estimate of drug-likeness (QED) is 0.252. The fourth-order valence-corrected chi connectivity index (χ4v) is 5.40. The van der Waals surface area contributed by atoms with Crippen molar-refractivity contribution in [3.63, 3.8) is 0 Å². The average Bonchev–Trinajstić information content (AvgIpc) is 3.35. The van der Waals surface area contributed by atoms with E-state index in [-0.39, 0.29) is 22.9 Å². The Bertz CT molecular complexity index is 1380. The van der Waals surface area contributed by atoms with Crippen LogP contribution in [-0.2, 0) is 9.59 Å². The summed E-state index contributed by atoms with van der Waals surface area (Å²) >= 11 is 1.31. The molecule has 182 valence electrons. The number of rotatable bonds is 5. The van der Waals surface area contributed by atoms with Gasteiger partial charge in [-0.2, -0.15) is 0 Å². The van der Waals surface area contributed by atoms with Crippen molar-refractivity contribution in [2.24, 2.45) is 0 Å². The van der Waals surface area contributed by atoms with Crippen LogP contribution >= 0.6 is 11.3 Å². The molecule has 1 atom stereocenters. The summed E-state index contributed by atoms with van der Waals surface area (Å²) in [5.74, 6) is -3.63. The molecule has 35 heavy (non-hydrogen) atoms. The number of amides is 1. The van der Waals surface area contributed by atoms with Gasteiger partial charge in [-0.3, -0.25) is 14.5 Å². The number of aryl methyl sites for hydroxylation is 2. The van der Waals surface area contributed by atoms with Crippen molar-refractivity contribution < 1.29 is 28.2 Å². The molecule has 1 aliphatic heterocycles. The number of anilines is 1. The zero-order valence-electron chi connectivity index (χ0n) is 20.0. The van der Waals surface area contributed by atoms with Crippen LogP contribution in [0.25, 0.3) is 5.76 Å². The molecular weight excluding hydrogens is 472 g/mol. The van der Waals surface area contributed by atoms with Crippen molar-refractivity contribution in [1.82, 2.24) is 0 Å². The van der Waals surface area contributed by atoms with Crippen LogP contribution in [0.15, 0.2) is 47.4 Å². The van der Waals surface area contributed by atoms with E-state index in [1.54, 1.807) is 26.2 Å². The van der Waals surface area contributed by atoms with Crippen molar-refractivity contribution in [2.75, 3.05) is 12.0 Å². The molecule has 1 unspecified atom stereocenters. The van der Waals surface area contributed by atoms with Gasteiger partial charge in [0.1, 0.15) is 17.6 Å². The first-order valence-corrected chi connectivity index (χ1v) is 11.9. The highest BCUT2D eigenvalue weighted by molar-refractivity contribution is 7.10. The minimum absolute atomic E-state index is 0.0252. The number of aliphatic hydroxyl groups is 1. The Morgan fingerprint density at radius 2 is 1.77 bits per heavy atom. The zero-order chi connectivity index (χ0) is 25.6. The molecule has 0 bridgehead atoms. The molecule has 5 nitrogen and oxygen atoms in total. The zero-order valence-corrected chi connectivity index (χ0v) is 20.8. The van der Waals surface area contributed by atoms with E-state index in [1.807, 2.05) is 32.2 Å². The van der Waals surface area contributed by atoms with Gasteiger partial charge in [0.05, 0.1) is 12.7 Å². The summed E-state index contributed by atoms with van der Waals surface area (Å²) in [6, 6.07) is 7.41. The maximum absolute atomic E-state index is 14.1. The summed E-state index contributed by atoms with van der Waals surface area (Å²) in [6.45, 7) is 7.56. The van der Waals surface area contributed by atoms with Crippen LogP contribution in [0.3, 0.4) is 0 Å². The first kappa shape index (κ1) is 24.6. The minimum atomic E-state index is -1.14. The van der Waals surface area contributed by atoms with Gasteiger partial charge in [0, 0.05) is 22.2 Å². The van der Waals surface area contributed by atoms with E-state index in [9.17, 15) is 23.5 Å². The Morgan fingerprint density at radius 1 is 1.06 bits per heavy atom.